The van der Waals surface area contributed by atoms with E-state index in [0.29, 0.717) is 5.01 Å². The van der Waals surface area contributed by atoms with Crippen LogP contribution in [-0.4, -0.2) is 68.8 Å². The normalized spacial score (nSPS) is 14.6. The van der Waals surface area contributed by atoms with E-state index in [1.165, 1.54) is 35.1 Å². The summed E-state index contributed by atoms with van der Waals surface area (Å²) in [6, 6.07) is -0.778. The Balaban J connectivity index is 2.01. The SMILES string of the molecule is C[N-]C(=O)N(CCCO)C(=O)c1c(C)nc([O+]=C2C=CC(OC(F)(F)F)=CC2)n1Cc1ncc(C)s1. The van der Waals surface area contributed by atoms with Gasteiger partial charge in [0.25, 0.3) is 0 Å². The molecule has 1 aliphatic carbocycles. The number of ketones is 1. The zero-order chi connectivity index (χ0) is 26.5. The van der Waals surface area contributed by atoms with Crippen molar-refractivity contribution < 1.29 is 37.0 Å². The number of carbonyl (C=O) groups is 2. The summed E-state index contributed by atoms with van der Waals surface area (Å²) in [6.07, 6.45) is 0.642. The van der Waals surface area contributed by atoms with Crippen molar-refractivity contribution in [3.05, 3.63) is 56.8 Å². The Morgan fingerprint density at radius 3 is 2.64 bits per heavy atom. The number of hydrogen-bond acceptors (Lipinski definition) is 7. The van der Waals surface area contributed by atoms with E-state index >= 15 is 0 Å². The minimum atomic E-state index is -4.81. The second-order valence-electron chi connectivity index (χ2n) is 7.58. The Kier molecular flexibility index (Phi) is 8.63. The van der Waals surface area contributed by atoms with Crippen molar-refractivity contribution in [1.82, 2.24) is 19.4 Å². The van der Waals surface area contributed by atoms with Crippen molar-refractivity contribution in [3.8, 4) is 6.01 Å². The van der Waals surface area contributed by atoms with Crippen LogP contribution >= 0.6 is 11.3 Å². The highest BCUT2D eigenvalue weighted by Gasteiger charge is 2.33. The summed E-state index contributed by atoms with van der Waals surface area (Å²) >= 11 is 1.39. The zero-order valence-corrected chi connectivity index (χ0v) is 20.5. The number of imide groups is 1. The van der Waals surface area contributed by atoms with E-state index in [1.54, 1.807) is 13.1 Å². The number of urea groups is 1. The molecular weight excluding hydrogens is 503 g/mol. The first-order chi connectivity index (χ1) is 17.0. The number of aliphatic hydroxyl groups is 1. The molecule has 0 bridgehead atoms. The number of rotatable bonds is 8. The molecule has 36 heavy (non-hydrogen) atoms. The van der Waals surface area contributed by atoms with Crippen LogP contribution in [0.5, 0.6) is 6.01 Å². The Morgan fingerprint density at radius 2 is 2.08 bits per heavy atom. The monoisotopic (exact) mass is 527 g/mol. The minimum Gasteiger partial charge on any atom is -0.434 e. The number of hydrogen-bond donors (Lipinski definition) is 1. The number of amides is 3. The van der Waals surface area contributed by atoms with E-state index in [1.807, 2.05) is 6.92 Å². The van der Waals surface area contributed by atoms with Crippen LogP contribution in [0.4, 0.5) is 18.0 Å². The Hall–Kier alpha value is -3.52. The standard InChI is InChI=1S/C22H24F3N5O5S/c1-13-11-27-17(36-13)12-30-18(19(32)29(9-4-10-31)20(33)26-3)14(2)28-21(30)34-15-5-7-16(8-6-15)35-22(23,24)25/h5,7-8,11,31H,4,6,9-10,12H2,1-3H3. The lowest BCUT2D eigenvalue weighted by atomic mass is 10.1. The molecule has 3 rings (SSSR count). The quantitative estimate of drug-likeness (QED) is 0.515. The van der Waals surface area contributed by atoms with Crippen LogP contribution in [0.3, 0.4) is 0 Å². The molecule has 0 fully saturated rings. The predicted octanol–water partition coefficient (Wildman–Crippen LogP) is 4.15. The molecule has 1 N–H and O–H groups in total. The highest BCUT2D eigenvalue weighted by atomic mass is 32.1. The summed E-state index contributed by atoms with van der Waals surface area (Å²) in [7, 11) is 1.26. The lowest BCUT2D eigenvalue weighted by Crippen LogP contribution is -2.38. The molecule has 0 radical (unpaired) electrons. The first-order valence-electron chi connectivity index (χ1n) is 10.7. The Bertz CT molecular complexity index is 1220. The fourth-order valence-corrected chi connectivity index (χ4v) is 4.10. The van der Waals surface area contributed by atoms with Crippen LogP contribution in [0.25, 0.3) is 5.32 Å². The fraction of sp³-hybridized carbons (Fsp3) is 0.409. The first kappa shape index (κ1) is 27.1. The first-order valence-corrected chi connectivity index (χ1v) is 11.6. The Morgan fingerprint density at radius 1 is 1.33 bits per heavy atom. The molecule has 0 atom stereocenters. The van der Waals surface area contributed by atoms with Crippen molar-refractivity contribution in [1.29, 1.82) is 0 Å². The molecular formula is C22H24F3N5O5S. The van der Waals surface area contributed by atoms with Gasteiger partial charge in [0.1, 0.15) is 16.5 Å². The van der Waals surface area contributed by atoms with Crippen LogP contribution in [0.15, 0.2) is 30.2 Å². The summed E-state index contributed by atoms with van der Waals surface area (Å²) in [5, 5.41) is 13.4. The maximum Gasteiger partial charge on any atom is 0.573 e. The van der Waals surface area contributed by atoms with Crippen LogP contribution in [0.1, 0.15) is 38.9 Å². The minimum absolute atomic E-state index is 0.0000581. The van der Waals surface area contributed by atoms with Crippen LogP contribution in [-0.2, 0) is 15.7 Å². The second-order valence-corrected chi connectivity index (χ2v) is 8.90. The molecule has 3 amide bonds. The third kappa shape index (κ3) is 6.79. The van der Waals surface area contributed by atoms with Crippen molar-refractivity contribution in [2.75, 3.05) is 20.2 Å². The number of aryl methyl sites for hydroxylation is 2. The highest BCUT2D eigenvalue weighted by molar-refractivity contribution is 7.11. The summed E-state index contributed by atoms with van der Waals surface area (Å²) in [5.74, 6) is -0.788. The maximum absolute atomic E-state index is 13.4. The summed E-state index contributed by atoms with van der Waals surface area (Å²) in [5.41, 5.74) is 0.322. The average Bonchev–Trinajstić information content (AvgIpc) is 3.36. The molecule has 2 aromatic heterocycles. The van der Waals surface area contributed by atoms with E-state index in [0.717, 1.165) is 15.9 Å². The van der Waals surface area contributed by atoms with Gasteiger partial charge in [-0.25, -0.2) is 9.55 Å². The van der Waals surface area contributed by atoms with E-state index in [-0.39, 0.29) is 61.5 Å². The van der Waals surface area contributed by atoms with Gasteiger partial charge in [-0.15, -0.1) is 29.5 Å². The van der Waals surface area contributed by atoms with Gasteiger partial charge >= 0.3 is 18.2 Å². The highest BCUT2D eigenvalue weighted by Crippen LogP contribution is 2.26. The number of halogens is 3. The lowest BCUT2D eigenvalue weighted by Gasteiger charge is -2.29. The van der Waals surface area contributed by atoms with Gasteiger partial charge in [-0.2, -0.15) is 4.42 Å². The molecule has 1 aliphatic rings. The molecule has 14 heteroatoms. The number of allylic oxidation sites excluding steroid dienone is 3. The van der Waals surface area contributed by atoms with Crippen molar-refractivity contribution in [3.63, 3.8) is 0 Å². The van der Waals surface area contributed by atoms with Gasteiger partial charge in [0.2, 0.25) is 0 Å². The predicted molar refractivity (Wildman–Crippen MR) is 124 cm³/mol. The molecule has 2 heterocycles. The molecule has 2 aromatic rings. The molecule has 0 aliphatic heterocycles. The third-order valence-electron chi connectivity index (χ3n) is 4.87. The summed E-state index contributed by atoms with van der Waals surface area (Å²) < 4.78 is 48.6. The van der Waals surface area contributed by atoms with Gasteiger partial charge in [0.15, 0.2) is 11.9 Å². The lowest BCUT2D eigenvalue weighted by molar-refractivity contribution is -0.380. The van der Waals surface area contributed by atoms with Crippen molar-refractivity contribution in [2.45, 2.75) is 39.6 Å². The number of ether oxygens (including phenoxy) is 1. The van der Waals surface area contributed by atoms with Gasteiger partial charge in [0.05, 0.1) is 18.7 Å². The zero-order valence-electron chi connectivity index (χ0n) is 19.7. The molecule has 0 saturated heterocycles. The van der Waals surface area contributed by atoms with Crippen molar-refractivity contribution in [2.24, 2.45) is 0 Å². The number of nitrogens with zero attached hydrogens (tertiary/aromatic N) is 5. The number of imidazole rings is 1. The molecule has 0 aromatic carbocycles. The summed E-state index contributed by atoms with van der Waals surface area (Å²) in [4.78, 5) is 36.3. The van der Waals surface area contributed by atoms with Crippen LogP contribution < -0.4 is 0 Å². The summed E-state index contributed by atoms with van der Waals surface area (Å²) in [6.45, 7) is 3.24. The number of aromatic nitrogens is 3. The Labute approximate surface area is 208 Å². The molecule has 0 saturated carbocycles. The largest absolute Gasteiger partial charge is 0.573 e. The van der Waals surface area contributed by atoms with Crippen LogP contribution in [0, 0.1) is 13.8 Å². The van der Waals surface area contributed by atoms with Gasteiger partial charge in [-0.1, -0.05) is 7.05 Å². The molecule has 10 nitrogen and oxygen atoms in total. The van der Waals surface area contributed by atoms with Gasteiger partial charge in [0, 0.05) is 23.8 Å². The molecule has 0 spiro atoms. The number of thiazole rings is 1. The second kappa shape index (κ2) is 11.5. The average molecular weight is 528 g/mol. The fourth-order valence-electron chi connectivity index (χ4n) is 3.33. The molecule has 194 valence electrons. The van der Waals surface area contributed by atoms with E-state index in [2.05, 4.69) is 20.0 Å². The van der Waals surface area contributed by atoms with Crippen molar-refractivity contribution >= 4 is 29.1 Å². The topological polar surface area (TPSA) is 123 Å². The smallest absolute Gasteiger partial charge is 0.434 e. The molecule has 0 unspecified atom stereocenters. The van der Waals surface area contributed by atoms with Gasteiger partial charge in [-0.05, 0) is 39.0 Å². The van der Waals surface area contributed by atoms with E-state index in [9.17, 15) is 27.9 Å². The number of carbonyl (C=O) groups excluding carboxylic acids is 3. The number of aliphatic hydroxyl groups excluding tert-OH is 1. The third-order valence-corrected chi connectivity index (χ3v) is 5.77. The maximum atomic E-state index is 13.4. The number of alkyl halides is 3. The van der Waals surface area contributed by atoms with E-state index < -0.39 is 18.3 Å². The van der Waals surface area contributed by atoms with Gasteiger partial charge in [-0.3, -0.25) is 9.59 Å². The van der Waals surface area contributed by atoms with Gasteiger partial charge < -0.3 is 20.1 Å². The van der Waals surface area contributed by atoms with Crippen LogP contribution in [0.2, 0.25) is 0 Å². The van der Waals surface area contributed by atoms with E-state index in [4.69, 9.17) is 4.42 Å².